The molecular formula is C7H13BrN4O3S. The molecule has 0 aliphatic carbocycles. The van der Waals surface area contributed by atoms with Crippen molar-refractivity contribution < 1.29 is 13.5 Å². The average Bonchev–Trinajstić information content (AvgIpc) is 2.45. The zero-order valence-electron chi connectivity index (χ0n) is 8.88. The van der Waals surface area contributed by atoms with Crippen LogP contribution >= 0.6 is 15.9 Å². The van der Waals surface area contributed by atoms with Crippen LogP contribution in [0.15, 0.2) is 9.63 Å². The minimum absolute atomic E-state index is 0.0295. The second-order valence-electron chi connectivity index (χ2n) is 3.34. The lowest BCUT2D eigenvalue weighted by atomic mass is 10.3. The van der Waals surface area contributed by atoms with E-state index in [4.69, 9.17) is 5.11 Å². The standard InChI is InChI=1S/C7H13BrN4O3S/c1-5(13)3-4-9-16(14,15)7-6(8)10-11-12(7)2/h5,9,13H,3-4H2,1-2H3. The molecule has 9 heteroatoms. The summed E-state index contributed by atoms with van der Waals surface area (Å²) in [5, 5.41) is 16.1. The number of aromatic nitrogens is 3. The van der Waals surface area contributed by atoms with Gasteiger partial charge in [-0.15, -0.1) is 5.10 Å². The lowest BCUT2D eigenvalue weighted by Gasteiger charge is -2.07. The number of aliphatic hydroxyl groups excluding tert-OH is 1. The molecule has 0 aliphatic rings. The van der Waals surface area contributed by atoms with E-state index in [-0.39, 0.29) is 16.2 Å². The maximum atomic E-state index is 11.8. The number of aryl methyl sites for hydroxylation is 1. The maximum Gasteiger partial charge on any atom is 0.260 e. The van der Waals surface area contributed by atoms with Gasteiger partial charge in [-0.2, -0.15) is 0 Å². The molecule has 0 radical (unpaired) electrons. The normalized spacial score (nSPS) is 14.0. The minimum Gasteiger partial charge on any atom is -0.393 e. The number of nitrogens with one attached hydrogen (secondary N) is 1. The van der Waals surface area contributed by atoms with E-state index in [0.29, 0.717) is 6.42 Å². The largest absolute Gasteiger partial charge is 0.393 e. The van der Waals surface area contributed by atoms with Crippen LogP contribution in [0.5, 0.6) is 0 Å². The lowest BCUT2D eigenvalue weighted by molar-refractivity contribution is 0.186. The van der Waals surface area contributed by atoms with Crippen molar-refractivity contribution in [2.45, 2.75) is 24.5 Å². The quantitative estimate of drug-likeness (QED) is 0.773. The Morgan fingerprint density at radius 3 is 2.69 bits per heavy atom. The molecule has 1 unspecified atom stereocenters. The number of rotatable bonds is 5. The van der Waals surface area contributed by atoms with Gasteiger partial charge < -0.3 is 5.11 Å². The van der Waals surface area contributed by atoms with Gasteiger partial charge in [0.05, 0.1) is 6.10 Å². The molecule has 1 aromatic heterocycles. The van der Waals surface area contributed by atoms with Crippen molar-refractivity contribution in [3.8, 4) is 0 Å². The van der Waals surface area contributed by atoms with Crippen molar-refractivity contribution >= 4 is 26.0 Å². The van der Waals surface area contributed by atoms with Crippen LogP contribution in [0.3, 0.4) is 0 Å². The molecule has 2 N–H and O–H groups in total. The first kappa shape index (κ1) is 13.6. The Bertz CT molecular complexity index is 437. The van der Waals surface area contributed by atoms with Crippen molar-refractivity contribution in [1.82, 2.24) is 19.7 Å². The van der Waals surface area contributed by atoms with Crippen molar-refractivity contribution in [3.05, 3.63) is 4.60 Å². The topological polar surface area (TPSA) is 97.1 Å². The highest BCUT2D eigenvalue weighted by Gasteiger charge is 2.23. The molecule has 92 valence electrons. The molecule has 1 heterocycles. The molecule has 0 saturated heterocycles. The third kappa shape index (κ3) is 3.24. The van der Waals surface area contributed by atoms with E-state index in [1.54, 1.807) is 6.92 Å². The Morgan fingerprint density at radius 1 is 1.62 bits per heavy atom. The smallest absolute Gasteiger partial charge is 0.260 e. The summed E-state index contributed by atoms with van der Waals surface area (Å²) in [6.45, 7) is 1.76. The van der Waals surface area contributed by atoms with Gasteiger partial charge in [0.15, 0.2) is 4.60 Å². The summed E-state index contributed by atoms with van der Waals surface area (Å²) in [7, 11) is -2.16. The second-order valence-corrected chi connectivity index (χ2v) is 5.78. The monoisotopic (exact) mass is 312 g/mol. The predicted molar refractivity (Wildman–Crippen MR) is 60.2 cm³/mol. The van der Waals surface area contributed by atoms with Gasteiger partial charge in [0, 0.05) is 13.6 Å². The highest BCUT2D eigenvalue weighted by molar-refractivity contribution is 9.10. The summed E-state index contributed by atoms with van der Waals surface area (Å²) in [5.41, 5.74) is 0. The fourth-order valence-electron chi connectivity index (χ4n) is 1.08. The molecule has 1 atom stereocenters. The van der Waals surface area contributed by atoms with E-state index in [1.165, 1.54) is 7.05 Å². The molecule has 0 bridgehead atoms. The summed E-state index contributed by atoms with van der Waals surface area (Å²) in [5.74, 6) is 0. The van der Waals surface area contributed by atoms with Crippen molar-refractivity contribution in [1.29, 1.82) is 0 Å². The first-order valence-electron chi connectivity index (χ1n) is 4.57. The van der Waals surface area contributed by atoms with Crippen molar-refractivity contribution in [3.63, 3.8) is 0 Å². The molecular weight excluding hydrogens is 300 g/mol. The molecule has 7 nitrogen and oxygen atoms in total. The van der Waals surface area contributed by atoms with Gasteiger partial charge in [0.1, 0.15) is 0 Å². The molecule has 0 spiro atoms. The zero-order valence-corrected chi connectivity index (χ0v) is 11.3. The molecule has 0 aromatic carbocycles. The highest BCUT2D eigenvalue weighted by atomic mass is 79.9. The molecule has 0 saturated carbocycles. The second kappa shape index (κ2) is 5.21. The van der Waals surface area contributed by atoms with Gasteiger partial charge in [0.2, 0.25) is 5.03 Å². The minimum atomic E-state index is -3.64. The van der Waals surface area contributed by atoms with Gasteiger partial charge in [-0.3, -0.25) is 0 Å². The molecule has 0 fully saturated rings. The number of hydrogen-bond acceptors (Lipinski definition) is 5. The Labute approximate surface area is 102 Å². The highest BCUT2D eigenvalue weighted by Crippen LogP contribution is 2.17. The van der Waals surface area contributed by atoms with Crippen LogP contribution in [-0.4, -0.2) is 41.2 Å². The molecule has 1 aromatic rings. The molecule has 0 amide bonds. The van der Waals surface area contributed by atoms with Crippen LogP contribution in [0.4, 0.5) is 0 Å². The SMILES string of the molecule is CC(O)CCNS(=O)(=O)c1c(Br)nnn1C. The van der Waals surface area contributed by atoms with Crippen molar-refractivity contribution in [2.24, 2.45) is 7.05 Å². The molecule has 0 aliphatic heterocycles. The lowest BCUT2D eigenvalue weighted by Crippen LogP contribution is -2.28. The molecule has 16 heavy (non-hydrogen) atoms. The predicted octanol–water partition coefficient (Wildman–Crippen LogP) is -0.373. The number of nitrogens with zero attached hydrogens (tertiary/aromatic N) is 3. The number of hydrogen-bond donors (Lipinski definition) is 2. The summed E-state index contributed by atoms with van der Waals surface area (Å²) >= 11 is 3.01. The fourth-order valence-corrected chi connectivity index (χ4v) is 3.22. The summed E-state index contributed by atoms with van der Waals surface area (Å²) < 4.78 is 27.3. The van der Waals surface area contributed by atoms with E-state index in [2.05, 4.69) is 31.0 Å². The summed E-state index contributed by atoms with van der Waals surface area (Å²) in [6.07, 6.45) is -0.196. The number of sulfonamides is 1. The van der Waals surface area contributed by atoms with Gasteiger partial charge in [-0.25, -0.2) is 17.8 Å². The van der Waals surface area contributed by atoms with Gasteiger partial charge >= 0.3 is 0 Å². The Morgan fingerprint density at radius 2 is 2.25 bits per heavy atom. The van der Waals surface area contributed by atoms with Gasteiger partial charge in [0.25, 0.3) is 10.0 Å². The van der Waals surface area contributed by atoms with Crippen LogP contribution in [0, 0.1) is 0 Å². The Balaban J connectivity index is 2.79. The van der Waals surface area contributed by atoms with Crippen LogP contribution in [0.2, 0.25) is 0 Å². The van der Waals surface area contributed by atoms with E-state index in [9.17, 15) is 8.42 Å². The summed E-state index contributed by atoms with van der Waals surface area (Å²) in [6, 6.07) is 0. The third-order valence-electron chi connectivity index (χ3n) is 1.85. The third-order valence-corrected chi connectivity index (χ3v) is 4.19. The van der Waals surface area contributed by atoms with Crippen LogP contribution in [0.25, 0.3) is 0 Å². The van der Waals surface area contributed by atoms with E-state index in [1.807, 2.05) is 0 Å². The van der Waals surface area contributed by atoms with E-state index >= 15 is 0 Å². The Kier molecular flexibility index (Phi) is 4.42. The average molecular weight is 313 g/mol. The van der Waals surface area contributed by atoms with Crippen LogP contribution in [0.1, 0.15) is 13.3 Å². The fraction of sp³-hybridized carbons (Fsp3) is 0.714. The number of halogens is 1. The van der Waals surface area contributed by atoms with E-state index < -0.39 is 16.1 Å². The van der Waals surface area contributed by atoms with Crippen molar-refractivity contribution in [2.75, 3.05) is 6.54 Å². The summed E-state index contributed by atoms with van der Waals surface area (Å²) in [4.78, 5) is 0. The van der Waals surface area contributed by atoms with Crippen LogP contribution < -0.4 is 4.72 Å². The van der Waals surface area contributed by atoms with E-state index in [0.717, 1.165) is 4.68 Å². The van der Waals surface area contributed by atoms with Gasteiger partial charge in [-0.1, -0.05) is 5.21 Å². The number of aliphatic hydroxyl groups is 1. The zero-order chi connectivity index (χ0) is 12.3. The molecule has 1 rings (SSSR count). The maximum absolute atomic E-state index is 11.8. The van der Waals surface area contributed by atoms with Crippen LogP contribution in [-0.2, 0) is 17.1 Å². The first-order chi connectivity index (χ1) is 7.34. The van der Waals surface area contributed by atoms with Gasteiger partial charge in [-0.05, 0) is 29.3 Å². The first-order valence-corrected chi connectivity index (χ1v) is 6.85. The Hall–Kier alpha value is -0.510.